The van der Waals surface area contributed by atoms with E-state index in [1.165, 1.54) is 5.56 Å². The van der Waals surface area contributed by atoms with Crippen LogP contribution in [-0.2, 0) is 23.0 Å². The molecule has 2 N–H and O–H groups in total. The molecule has 0 aromatic heterocycles. The molecule has 0 spiro atoms. The second kappa shape index (κ2) is 9.85. The van der Waals surface area contributed by atoms with Crippen molar-refractivity contribution in [1.82, 2.24) is 5.32 Å². The summed E-state index contributed by atoms with van der Waals surface area (Å²) in [7, 11) is -2.01. The van der Waals surface area contributed by atoms with E-state index in [0.717, 1.165) is 35.1 Å². The average Bonchev–Trinajstić information content (AvgIpc) is 2.82. The van der Waals surface area contributed by atoms with Gasteiger partial charge in [0, 0.05) is 12.2 Å². The highest BCUT2D eigenvalue weighted by Crippen LogP contribution is 2.22. The standard InChI is InChI=1S/C26H26N2O3S/c1-31-25-12-9-20(10-13-25)15-16-27-19-21-5-4-8-24(17-21)28-32(29,30)26-14-11-22-6-2-3-7-23(22)18-26/h2-14,17-18,27-28H,15-16,19H2,1H3. The first kappa shape index (κ1) is 21.9. The molecule has 0 aliphatic rings. The molecule has 0 unspecified atom stereocenters. The Morgan fingerprint density at radius 2 is 1.56 bits per heavy atom. The van der Waals surface area contributed by atoms with Gasteiger partial charge in [-0.25, -0.2) is 8.42 Å². The average molecular weight is 447 g/mol. The number of hydrogen-bond donors (Lipinski definition) is 2. The van der Waals surface area contributed by atoms with Gasteiger partial charge in [-0.05, 0) is 71.3 Å². The Bertz CT molecular complexity index is 1300. The SMILES string of the molecule is COc1ccc(CCNCc2cccc(NS(=O)(=O)c3ccc4ccccc4c3)c2)cc1. The van der Waals surface area contributed by atoms with Crippen molar-refractivity contribution in [2.75, 3.05) is 18.4 Å². The van der Waals surface area contributed by atoms with Crippen LogP contribution in [-0.4, -0.2) is 22.1 Å². The number of benzene rings is 4. The van der Waals surface area contributed by atoms with E-state index in [0.29, 0.717) is 12.2 Å². The molecule has 4 rings (SSSR count). The van der Waals surface area contributed by atoms with Crippen LogP contribution in [0.5, 0.6) is 5.75 Å². The molecule has 0 fully saturated rings. The minimum absolute atomic E-state index is 0.249. The molecule has 0 atom stereocenters. The van der Waals surface area contributed by atoms with E-state index in [1.54, 1.807) is 25.3 Å². The second-order valence-electron chi connectivity index (χ2n) is 7.59. The monoisotopic (exact) mass is 446 g/mol. The van der Waals surface area contributed by atoms with Crippen LogP contribution >= 0.6 is 0 Å². The zero-order valence-electron chi connectivity index (χ0n) is 17.9. The van der Waals surface area contributed by atoms with Gasteiger partial charge in [0.25, 0.3) is 10.0 Å². The highest BCUT2D eigenvalue weighted by atomic mass is 32.2. The minimum Gasteiger partial charge on any atom is -0.497 e. The Hall–Kier alpha value is -3.35. The molecule has 32 heavy (non-hydrogen) atoms. The van der Waals surface area contributed by atoms with Gasteiger partial charge in [-0.1, -0.05) is 54.6 Å². The van der Waals surface area contributed by atoms with Crippen LogP contribution < -0.4 is 14.8 Å². The topological polar surface area (TPSA) is 67.4 Å². The largest absolute Gasteiger partial charge is 0.497 e. The van der Waals surface area contributed by atoms with Gasteiger partial charge in [-0.2, -0.15) is 0 Å². The van der Waals surface area contributed by atoms with Crippen LogP contribution in [0.25, 0.3) is 10.8 Å². The number of fused-ring (bicyclic) bond motifs is 1. The van der Waals surface area contributed by atoms with Crippen LogP contribution in [0.1, 0.15) is 11.1 Å². The van der Waals surface area contributed by atoms with Crippen molar-refractivity contribution < 1.29 is 13.2 Å². The van der Waals surface area contributed by atoms with Crippen molar-refractivity contribution in [3.05, 3.63) is 102 Å². The van der Waals surface area contributed by atoms with Gasteiger partial charge >= 0.3 is 0 Å². The maximum atomic E-state index is 12.9. The molecule has 0 amide bonds. The van der Waals surface area contributed by atoms with Crippen LogP contribution in [0.3, 0.4) is 0 Å². The van der Waals surface area contributed by atoms with E-state index in [1.807, 2.05) is 60.7 Å². The Morgan fingerprint density at radius 3 is 2.34 bits per heavy atom. The van der Waals surface area contributed by atoms with Crippen molar-refractivity contribution in [3.63, 3.8) is 0 Å². The summed E-state index contributed by atoms with van der Waals surface area (Å²) in [5, 5.41) is 5.31. The van der Waals surface area contributed by atoms with Gasteiger partial charge < -0.3 is 10.1 Å². The number of nitrogens with one attached hydrogen (secondary N) is 2. The van der Waals surface area contributed by atoms with Gasteiger partial charge in [0.2, 0.25) is 0 Å². The predicted molar refractivity (Wildman–Crippen MR) is 130 cm³/mol. The molecule has 0 saturated heterocycles. The lowest BCUT2D eigenvalue weighted by Gasteiger charge is -2.11. The van der Waals surface area contributed by atoms with E-state index >= 15 is 0 Å². The zero-order chi connectivity index (χ0) is 22.4. The van der Waals surface area contributed by atoms with E-state index < -0.39 is 10.0 Å². The maximum absolute atomic E-state index is 12.9. The third-order valence-corrected chi connectivity index (χ3v) is 6.67. The van der Waals surface area contributed by atoms with Crippen molar-refractivity contribution in [1.29, 1.82) is 0 Å². The quantitative estimate of drug-likeness (QED) is 0.356. The van der Waals surface area contributed by atoms with E-state index in [9.17, 15) is 8.42 Å². The van der Waals surface area contributed by atoms with E-state index in [4.69, 9.17) is 4.74 Å². The molecule has 0 aliphatic heterocycles. The summed E-state index contributed by atoms with van der Waals surface area (Å²) in [5.74, 6) is 0.852. The Labute approximate surface area is 189 Å². The molecular formula is C26H26N2O3S. The highest BCUT2D eigenvalue weighted by molar-refractivity contribution is 7.92. The number of methoxy groups -OCH3 is 1. The van der Waals surface area contributed by atoms with Crippen molar-refractivity contribution in [3.8, 4) is 5.75 Å². The lowest BCUT2D eigenvalue weighted by molar-refractivity contribution is 0.414. The lowest BCUT2D eigenvalue weighted by atomic mass is 10.1. The first-order chi connectivity index (χ1) is 15.5. The fourth-order valence-corrected chi connectivity index (χ4v) is 4.64. The van der Waals surface area contributed by atoms with Crippen LogP contribution in [0.4, 0.5) is 5.69 Å². The summed E-state index contributed by atoms with van der Waals surface area (Å²) in [4.78, 5) is 0.249. The van der Waals surface area contributed by atoms with Gasteiger partial charge in [0.1, 0.15) is 5.75 Å². The fraction of sp³-hybridized carbons (Fsp3) is 0.154. The molecule has 6 heteroatoms. The smallest absolute Gasteiger partial charge is 0.261 e. The Kier molecular flexibility index (Phi) is 6.73. The molecular weight excluding hydrogens is 420 g/mol. The summed E-state index contributed by atoms with van der Waals surface area (Å²) < 4.78 is 33.6. The van der Waals surface area contributed by atoms with Crippen molar-refractivity contribution in [2.24, 2.45) is 0 Å². The summed E-state index contributed by atoms with van der Waals surface area (Å²) >= 11 is 0. The number of rotatable bonds is 9. The third-order valence-electron chi connectivity index (χ3n) is 5.29. The number of hydrogen-bond acceptors (Lipinski definition) is 4. The third kappa shape index (κ3) is 5.46. The first-order valence-corrected chi connectivity index (χ1v) is 12.0. The summed E-state index contributed by atoms with van der Waals surface area (Å²) in [6.45, 7) is 1.47. The second-order valence-corrected chi connectivity index (χ2v) is 9.27. The molecule has 0 radical (unpaired) electrons. The molecule has 0 aliphatic carbocycles. The normalized spacial score (nSPS) is 11.4. The van der Waals surface area contributed by atoms with E-state index in [-0.39, 0.29) is 4.90 Å². The maximum Gasteiger partial charge on any atom is 0.261 e. The molecule has 0 heterocycles. The summed E-state index contributed by atoms with van der Waals surface area (Å²) in [6.07, 6.45) is 0.901. The van der Waals surface area contributed by atoms with Crippen LogP contribution in [0.2, 0.25) is 0 Å². The molecule has 4 aromatic carbocycles. The Balaban J connectivity index is 1.36. The highest BCUT2D eigenvalue weighted by Gasteiger charge is 2.15. The lowest BCUT2D eigenvalue weighted by Crippen LogP contribution is -2.17. The molecule has 0 bridgehead atoms. The predicted octanol–water partition coefficient (Wildman–Crippen LogP) is 4.98. The summed E-state index contributed by atoms with van der Waals surface area (Å²) in [5.41, 5.74) is 2.79. The van der Waals surface area contributed by atoms with Gasteiger partial charge in [0.15, 0.2) is 0 Å². The minimum atomic E-state index is -3.67. The number of ether oxygens (including phenoxy) is 1. The fourth-order valence-electron chi connectivity index (χ4n) is 3.55. The van der Waals surface area contributed by atoms with Crippen molar-refractivity contribution >= 4 is 26.5 Å². The molecule has 5 nitrogen and oxygen atoms in total. The van der Waals surface area contributed by atoms with E-state index in [2.05, 4.69) is 22.2 Å². The van der Waals surface area contributed by atoms with Crippen molar-refractivity contribution in [2.45, 2.75) is 17.9 Å². The first-order valence-electron chi connectivity index (χ1n) is 10.5. The van der Waals surface area contributed by atoms with Crippen LogP contribution in [0, 0.1) is 0 Å². The number of anilines is 1. The Morgan fingerprint density at radius 1 is 0.781 bits per heavy atom. The molecule has 4 aromatic rings. The van der Waals surface area contributed by atoms with Gasteiger partial charge in [-0.3, -0.25) is 4.72 Å². The molecule has 0 saturated carbocycles. The van der Waals surface area contributed by atoms with Crippen LogP contribution in [0.15, 0.2) is 95.9 Å². The zero-order valence-corrected chi connectivity index (χ0v) is 18.7. The number of sulfonamides is 1. The molecule has 164 valence electrons. The summed E-state index contributed by atoms with van der Waals surface area (Å²) in [6, 6.07) is 28.4. The van der Waals surface area contributed by atoms with Gasteiger partial charge in [-0.15, -0.1) is 0 Å². The van der Waals surface area contributed by atoms with Gasteiger partial charge in [0.05, 0.1) is 12.0 Å².